The van der Waals surface area contributed by atoms with Gasteiger partial charge in [0.25, 0.3) is 0 Å². The average Bonchev–Trinajstić information content (AvgIpc) is 3.32. The molecule has 0 saturated heterocycles. The Kier molecular flexibility index (Phi) is 7.83. The molecule has 0 radical (unpaired) electrons. The summed E-state index contributed by atoms with van der Waals surface area (Å²) in [5.41, 5.74) is 5.81. The van der Waals surface area contributed by atoms with E-state index in [1.54, 1.807) is 4.80 Å². The number of benzene rings is 3. The molecule has 4 aromatic rings. The first-order valence-corrected chi connectivity index (χ1v) is 13.8. The Morgan fingerprint density at radius 1 is 0.763 bits per heavy atom. The van der Waals surface area contributed by atoms with Crippen LogP contribution in [0, 0.1) is 5.41 Å². The van der Waals surface area contributed by atoms with Crippen molar-refractivity contribution in [2.24, 2.45) is 5.41 Å². The molecule has 1 N–H and O–H groups in total. The zero-order valence-corrected chi connectivity index (χ0v) is 24.1. The molecule has 4 heteroatoms. The molecule has 3 aromatic carbocycles. The number of phenols is 1. The van der Waals surface area contributed by atoms with Crippen LogP contribution in [0.1, 0.15) is 89.3 Å². The first kappa shape index (κ1) is 27.6. The van der Waals surface area contributed by atoms with Gasteiger partial charge in [-0.15, -0.1) is 4.80 Å². The molecule has 0 saturated carbocycles. The van der Waals surface area contributed by atoms with Gasteiger partial charge in [0.1, 0.15) is 11.4 Å². The lowest BCUT2D eigenvalue weighted by molar-refractivity contribution is 0.278. The highest BCUT2D eigenvalue weighted by molar-refractivity contribution is 5.57. The van der Waals surface area contributed by atoms with Gasteiger partial charge in [0.15, 0.2) is 0 Å². The molecule has 0 atom stereocenters. The lowest BCUT2D eigenvalue weighted by atomic mass is 9.70. The Morgan fingerprint density at radius 3 is 2.03 bits per heavy atom. The predicted molar refractivity (Wildman–Crippen MR) is 157 cm³/mol. The van der Waals surface area contributed by atoms with E-state index in [-0.39, 0.29) is 22.0 Å². The summed E-state index contributed by atoms with van der Waals surface area (Å²) < 4.78 is 0. The SMILES string of the molecule is CC(C)(C)CC(C)(C)c1cc(C(C)(C)c2ccccc2)cc(-n2ncc(CCCc3ccccc3)n2)c1O. The second-order valence-electron chi connectivity index (χ2n) is 13.0. The molecule has 0 unspecified atom stereocenters. The third-order valence-corrected chi connectivity index (χ3v) is 7.50. The van der Waals surface area contributed by atoms with E-state index in [2.05, 4.69) is 114 Å². The van der Waals surface area contributed by atoms with Gasteiger partial charge < -0.3 is 5.11 Å². The number of aromatic hydroxyl groups is 1. The van der Waals surface area contributed by atoms with E-state index in [0.29, 0.717) is 5.69 Å². The molecule has 0 fully saturated rings. The summed E-state index contributed by atoms with van der Waals surface area (Å²) in [5, 5.41) is 21.1. The lowest BCUT2D eigenvalue weighted by Crippen LogP contribution is -2.27. The number of rotatable bonds is 9. The number of nitrogens with zero attached hydrogens (tertiary/aromatic N) is 3. The Hall–Kier alpha value is -3.40. The maximum absolute atomic E-state index is 11.7. The number of hydrogen-bond acceptors (Lipinski definition) is 3. The molecule has 0 bridgehead atoms. The Balaban J connectivity index is 1.73. The minimum Gasteiger partial charge on any atom is -0.505 e. The molecular weight excluding hydrogens is 466 g/mol. The van der Waals surface area contributed by atoms with Crippen molar-refractivity contribution in [3.05, 3.63) is 107 Å². The van der Waals surface area contributed by atoms with Gasteiger partial charge in [-0.1, -0.05) is 115 Å². The van der Waals surface area contributed by atoms with E-state index < -0.39 is 0 Å². The van der Waals surface area contributed by atoms with Crippen molar-refractivity contribution >= 4 is 0 Å². The van der Waals surface area contributed by atoms with Crippen LogP contribution in [0.25, 0.3) is 5.69 Å². The van der Waals surface area contributed by atoms with Crippen LogP contribution in [-0.2, 0) is 23.7 Å². The molecular formula is C34H43N3O. The van der Waals surface area contributed by atoms with Crippen molar-refractivity contribution in [3.63, 3.8) is 0 Å². The number of hydrogen-bond donors (Lipinski definition) is 1. The maximum Gasteiger partial charge on any atom is 0.146 e. The fourth-order valence-corrected chi connectivity index (χ4v) is 5.73. The zero-order valence-electron chi connectivity index (χ0n) is 24.1. The molecule has 0 spiro atoms. The average molecular weight is 510 g/mol. The molecule has 0 aliphatic carbocycles. The molecule has 0 amide bonds. The first-order valence-electron chi connectivity index (χ1n) is 13.8. The predicted octanol–water partition coefficient (Wildman–Crippen LogP) is 8.19. The van der Waals surface area contributed by atoms with Crippen LogP contribution >= 0.6 is 0 Å². The second kappa shape index (κ2) is 10.8. The summed E-state index contributed by atoms with van der Waals surface area (Å²) in [6.07, 6.45) is 5.61. The third-order valence-electron chi connectivity index (χ3n) is 7.50. The first-order chi connectivity index (χ1) is 17.9. The van der Waals surface area contributed by atoms with E-state index in [4.69, 9.17) is 5.10 Å². The minimum absolute atomic E-state index is 0.108. The molecule has 200 valence electrons. The van der Waals surface area contributed by atoms with Crippen molar-refractivity contribution in [2.75, 3.05) is 0 Å². The molecule has 4 nitrogen and oxygen atoms in total. The van der Waals surface area contributed by atoms with Gasteiger partial charge in [0.05, 0.1) is 11.9 Å². The second-order valence-corrected chi connectivity index (χ2v) is 13.0. The van der Waals surface area contributed by atoms with Crippen LogP contribution in [0.2, 0.25) is 0 Å². The molecule has 4 rings (SSSR count). The van der Waals surface area contributed by atoms with E-state index in [1.165, 1.54) is 11.1 Å². The number of aryl methyl sites for hydroxylation is 2. The zero-order chi connectivity index (χ0) is 27.6. The lowest BCUT2D eigenvalue weighted by Gasteiger charge is -2.35. The minimum atomic E-state index is -0.262. The van der Waals surface area contributed by atoms with Crippen LogP contribution in [0.15, 0.2) is 79.0 Å². The van der Waals surface area contributed by atoms with Crippen LogP contribution in [0.3, 0.4) is 0 Å². The number of aromatic nitrogens is 3. The summed E-state index contributed by atoms with van der Waals surface area (Å²) >= 11 is 0. The van der Waals surface area contributed by atoms with Gasteiger partial charge in [-0.25, -0.2) is 0 Å². The number of phenolic OH excluding ortho intramolecular Hbond substituents is 1. The smallest absolute Gasteiger partial charge is 0.146 e. The van der Waals surface area contributed by atoms with Crippen molar-refractivity contribution in [3.8, 4) is 11.4 Å². The van der Waals surface area contributed by atoms with Gasteiger partial charge in [-0.3, -0.25) is 0 Å². The molecule has 38 heavy (non-hydrogen) atoms. The Labute approximate surface area is 228 Å². The van der Waals surface area contributed by atoms with Gasteiger partial charge >= 0.3 is 0 Å². The Morgan fingerprint density at radius 2 is 1.39 bits per heavy atom. The topological polar surface area (TPSA) is 50.9 Å². The summed E-state index contributed by atoms with van der Waals surface area (Å²) in [4.78, 5) is 1.62. The van der Waals surface area contributed by atoms with E-state index >= 15 is 0 Å². The standard InChI is InChI=1S/C34H43N3O/c1-32(2,3)24-33(4,5)29-21-27(34(6,7)26-18-12-9-13-19-26)22-30(31(29)38)37-35-23-28(36-37)20-14-17-25-15-10-8-11-16-25/h8-13,15-16,18-19,21-23,38H,14,17,20,24H2,1-7H3. The third kappa shape index (κ3) is 6.35. The van der Waals surface area contributed by atoms with Gasteiger partial charge in [-0.2, -0.15) is 10.2 Å². The maximum atomic E-state index is 11.7. The summed E-state index contributed by atoms with van der Waals surface area (Å²) in [6.45, 7) is 15.7. The van der Waals surface area contributed by atoms with Gasteiger partial charge in [-0.05, 0) is 59.3 Å². The van der Waals surface area contributed by atoms with Crippen LogP contribution in [-0.4, -0.2) is 20.1 Å². The normalized spacial score (nSPS) is 12.6. The van der Waals surface area contributed by atoms with Crippen LogP contribution in [0.4, 0.5) is 0 Å². The molecule has 0 aliphatic rings. The van der Waals surface area contributed by atoms with E-state index in [1.807, 2.05) is 18.3 Å². The fourth-order valence-electron chi connectivity index (χ4n) is 5.73. The van der Waals surface area contributed by atoms with Crippen molar-refractivity contribution in [2.45, 2.75) is 85.0 Å². The summed E-state index contributed by atoms with van der Waals surface area (Å²) in [7, 11) is 0. The van der Waals surface area contributed by atoms with Gasteiger partial charge in [0.2, 0.25) is 0 Å². The Bertz CT molecular complexity index is 1350. The van der Waals surface area contributed by atoms with E-state index in [0.717, 1.165) is 42.5 Å². The fraction of sp³-hybridized carbons (Fsp3) is 0.412. The molecule has 0 aliphatic heterocycles. The van der Waals surface area contributed by atoms with Crippen LogP contribution < -0.4 is 0 Å². The molecule has 1 heterocycles. The summed E-state index contributed by atoms with van der Waals surface area (Å²) in [6, 6.07) is 25.3. The monoisotopic (exact) mass is 509 g/mol. The van der Waals surface area contributed by atoms with Gasteiger partial charge in [0, 0.05) is 11.0 Å². The largest absolute Gasteiger partial charge is 0.505 e. The van der Waals surface area contributed by atoms with Crippen LogP contribution in [0.5, 0.6) is 5.75 Å². The van der Waals surface area contributed by atoms with Crippen molar-refractivity contribution in [1.29, 1.82) is 0 Å². The van der Waals surface area contributed by atoms with Crippen molar-refractivity contribution < 1.29 is 5.11 Å². The highest BCUT2D eigenvalue weighted by Crippen LogP contribution is 2.45. The van der Waals surface area contributed by atoms with Crippen molar-refractivity contribution in [1.82, 2.24) is 15.0 Å². The highest BCUT2D eigenvalue weighted by Gasteiger charge is 2.34. The molecule has 1 aromatic heterocycles. The summed E-state index contributed by atoms with van der Waals surface area (Å²) in [5.74, 6) is 0.262. The quantitative estimate of drug-likeness (QED) is 0.247. The van der Waals surface area contributed by atoms with E-state index in [9.17, 15) is 5.11 Å². The highest BCUT2D eigenvalue weighted by atomic mass is 16.3.